The lowest BCUT2D eigenvalue weighted by Crippen LogP contribution is -2.16. The summed E-state index contributed by atoms with van der Waals surface area (Å²) in [6.07, 6.45) is 10.5. The van der Waals surface area contributed by atoms with Gasteiger partial charge in [-0.15, -0.1) is 0 Å². The van der Waals surface area contributed by atoms with Crippen LogP contribution in [0, 0.1) is 0 Å². The van der Waals surface area contributed by atoms with Crippen molar-refractivity contribution in [1.82, 2.24) is 0 Å². The minimum atomic E-state index is 0.508. The standard InChI is InChI=1S/C41H77NO13/c1-2-3-4-5-6-7-8-9-40-10-12-41(13-11-40)55-39-38-54-37-36-53-35-34-52-33-32-51-31-30-50-29-28-49-27-26-48-25-24-47-23-22-46-21-20-45-19-18-44-17-16-43-15-14-42/h10-13H,2-9,14-39,42H2,1H3. The highest BCUT2D eigenvalue weighted by Crippen LogP contribution is 2.15. The molecule has 0 bridgehead atoms. The number of hydrogen-bond acceptors (Lipinski definition) is 14. The van der Waals surface area contributed by atoms with Crippen molar-refractivity contribution in [3.63, 3.8) is 0 Å². The first-order valence-corrected chi connectivity index (χ1v) is 20.7. The molecule has 55 heavy (non-hydrogen) atoms. The van der Waals surface area contributed by atoms with Gasteiger partial charge in [-0.05, 0) is 30.5 Å². The Labute approximate surface area is 332 Å². The van der Waals surface area contributed by atoms with Crippen LogP contribution >= 0.6 is 0 Å². The Bertz CT molecular complexity index is 856. The van der Waals surface area contributed by atoms with Crippen molar-refractivity contribution in [3.8, 4) is 5.75 Å². The molecule has 0 aromatic heterocycles. The van der Waals surface area contributed by atoms with E-state index in [1.165, 1.54) is 50.5 Å². The summed E-state index contributed by atoms with van der Waals surface area (Å²) in [6.45, 7) is 15.8. The summed E-state index contributed by atoms with van der Waals surface area (Å²) in [5.41, 5.74) is 6.72. The van der Waals surface area contributed by atoms with Crippen molar-refractivity contribution in [2.24, 2.45) is 5.73 Å². The van der Waals surface area contributed by atoms with E-state index < -0.39 is 0 Å². The van der Waals surface area contributed by atoms with Crippen molar-refractivity contribution < 1.29 is 61.6 Å². The lowest BCUT2D eigenvalue weighted by Gasteiger charge is -2.09. The summed E-state index contributed by atoms with van der Waals surface area (Å²) in [7, 11) is 0. The van der Waals surface area contributed by atoms with Crippen LogP contribution in [-0.2, 0) is 63.3 Å². The Morgan fingerprint density at radius 3 is 0.909 bits per heavy atom. The van der Waals surface area contributed by atoms with E-state index in [0.29, 0.717) is 172 Å². The van der Waals surface area contributed by atoms with Crippen LogP contribution in [0.1, 0.15) is 57.4 Å². The van der Waals surface area contributed by atoms with Crippen LogP contribution in [0.2, 0.25) is 0 Å². The molecule has 1 aromatic carbocycles. The Kier molecular flexibility index (Phi) is 42.3. The first kappa shape index (κ1) is 51.5. The Morgan fingerprint density at radius 1 is 0.327 bits per heavy atom. The molecule has 0 atom stereocenters. The molecule has 1 aromatic rings. The number of nitrogens with two attached hydrogens (primary N) is 1. The van der Waals surface area contributed by atoms with Gasteiger partial charge in [0, 0.05) is 6.54 Å². The van der Waals surface area contributed by atoms with Gasteiger partial charge in [0.2, 0.25) is 0 Å². The molecule has 0 amide bonds. The highest BCUT2D eigenvalue weighted by atomic mass is 16.6. The van der Waals surface area contributed by atoms with E-state index in [4.69, 9.17) is 67.3 Å². The van der Waals surface area contributed by atoms with Crippen LogP contribution in [0.15, 0.2) is 24.3 Å². The number of benzene rings is 1. The average molecular weight is 792 g/mol. The largest absolute Gasteiger partial charge is 0.491 e. The molecule has 0 aliphatic carbocycles. The maximum absolute atomic E-state index is 5.79. The average Bonchev–Trinajstić information content (AvgIpc) is 3.20. The topological polar surface area (TPSA) is 146 Å². The molecule has 0 aliphatic heterocycles. The van der Waals surface area contributed by atoms with Gasteiger partial charge >= 0.3 is 0 Å². The first-order chi connectivity index (χ1) is 27.4. The van der Waals surface area contributed by atoms with Gasteiger partial charge in [0.05, 0.1) is 159 Å². The first-order valence-electron chi connectivity index (χ1n) is 20.7. The summed E-state index contributed by atoms with van der Waals surface area (Å²) in [6, 6.07) is 8.45. The van der Waals surface area contributed by atoms with Gasteiger partial charge in [0.15, 0.2) is 0 Å². The molecule has 2 N–H and O–H groups in total. The van der Waals surface area contributed by atoms with E-state index in [1.54, 1.807) is 0 Å². The minimum Gasteiger partial charge on any atom is -0.491 e. The molecule has 0 radical (unpaired) electrons. The fraction of sp³-hybridized carbons (Fsp3) is 0.854. The third-order valence-corrected chi connectivity index (χ3v) is 7.84. The maximum atomic E-state index is 5.79. The predicted molar refractivity (Wildman–Crippen MR) is 213 cm³/mol. The summed E-state index contributed by atoms with van der Waals surface area (Å²) >= 11 is 0. The summed E-state index contributed by atoms with van der Waals surface area (Å²) in [5, 5.41) is 0. The summed E-state index contributed by atoms with van der Waals surface area (Å²) < 4.78 is 71.5. The lowest BCUT2D eigenvalue weighted by atomic mass is 10.0. The van der Waals surface area contributed by atoms with Gasteiger partial charge in [-0.25, -0.2) is 0 Å². The van der Waals surface area contributed by atoms with Gasteiger partial charge in [-0.2, -0.15) is 0 Å². The molecular weight excluding hydrogens is 714 g/mol. The van der Waals surface area contributed by atoms with Gasteiger partial charge in [0.25, 0.3) is 0 Å². The Morgan fingerprint density at radius 2 is 0.600 bits per heavy atom. The van der Waals surface area contributed by atoms with E-state index in [2.05, 4.69) is 31.2 Å². The molecule has 0 unspecified atom stereocenters. The number of ether oxygens (including phenoxy) is 13. The Balaban J connectivity index is 1.67. The zero-order chi connectivity index (χ0) is 39.2. The van der Waals surface area contributed by atoms with Crippen molar-refractivity contribution in [1.29, 1.82) is 0 Å². The molecule has 1 rings (SSSR count). The second-order valence-corrected chi connectivity index (χ2v) is 12.5. The molecular formula is C41H77NO13. The Hall–Kier alpha value is -1.50. The van der Waals surface area contributed by atoms with Gasteiger partial charge in [-0.1, -0.05) is 57.6 Å². The monoisotopic (exact) mass is 792 g/mol. The van der Waals surface area contributed by atoms with Gasteiger partial charge < -0.3 is 67.3 Å². The maximum Gasteiger partial charge on any atom is 0.119 e. The second-order valence-electron chi connectivity index (χ2n) is 12.5. The van der Waals surface area contributed by atoms with Crippen LogP contribution in [0.25, 0.3) is 0 Å². The quantitative estimate of drug-likeness (QED) is 0.0924. The number of rotatable bonds is 47. The zero-order valence-electron chi connectivity index (χ0n) is 34.2. The van der Waals surface area contributed by atoms with E-state index >= 15 is 0 Å². The molecule has 0 saturated carbocycles. The number of aryl methyl sites for hydroxylation is 1. The molecule has 324 valence electrons. The van der Waals surface area contributed by atoms with Crippen LogP contribution in [0.5, 0.6) is 5.75 Å². The normalized spacial score (nSPS) is 11.5. The van der Waals surface area contributed by atoms with Gasteiger partial charge in [-0.3, -0.25) is 0 Å². The van der Waals surface area contributed by atoms with E-state index in [1.807, 2.05) is 0 Å². The van der Waals surface area contributed by atoms with Gasteiger partial charge in [0.1, 0.15) is 12.4 Å². The number of unbranched alkanes of at least 4 members (excludes halogenated alkanes) is 6. The van der Waals surface area contributed by atoms with Crippen molar-refractivity contribution >= 4 is 0 Å². The van der Waals surface area contributed by atoms with Crippen molar-refractivity contribution in [2.75, 3.05) is 172 Å². The summed E-state index contributed by atoms with van der Waals surface area (Å²) in [4.78, 5) is 0. The molecule has 0 fully saturated rings. The third kappa shape index (κ3) is 40.5. The molecule has 14 nitrogen and oxygen atoms in total. The molecule has 14 heteroatoms. The zero-order valence-corrected chi connectivity index (χ0v) is 34.2. The highest BCUT2D eigenvalue weighted by Gasteiger charge is 2.00. The van der Waals surface area contributed by atoms with Crippen molar-refractivity contribution in [2.45, 2.75) is 58.3 Å². The smallest absolute Gasteiger partial charge is 0.119 e. The third-order valence-electron chi connectivity index (χ3n) is 7.84. The minimum absolute atomic E-state index is 0.508. The molecule has 0 heterocycles. The van der Waals surface area contributed by atoms with E-state index in [-0.39, 0.29) is 0 Å². The molecule has 0 spiro atoms. The van der Waals surface area contributed by atoms with Crippen LogP contribution in [0.4, 0.5) is 0 Å². The summed E-state index contributed by atoms with van der Waals surface area (Å²) in [5.74, 6) is 0.886. The SMILES string of the molecule is CCCCCCCCCc1ccc(OCCOCCOCCOCCOCCOCCOCCOCCOCCOCCOCCOCCOCCN)cc1. The predicted octanol–water partition coefficient (Wildman–Crippen LogP) is 4.52. The number of hydrogen-bond donors (Lipinski definition) is 1. The second kappa shape index (κ2) is 45.2. The fourth-order valence-corrected chi connectivity index (χ4v) is 4.86. The van der Waals surface area contributed by atoms with Crippen LogP contribution < -0.4 is 10.5 Å². The van der Waals surface area contributed by atoms with E-state index in [0.717, 1.165) is 12.2 Å². The van der Waals surface area contributed by atoms with E-state index in [9.17, 15) is 0 Å². The lowest BCUT2D eigenvalue weighted by molar-refractivity contribution is -0.0284. The van der Waals surface area contributed by atoms with Crippen LogP contribution in [0.3, 0.4) is 0 Å². The van der Waals surface area contributed by atoms with Crippen LogP contribution in [-0.4, -0.2) is 172 Å². The molecule has 0 aliphatic rings. The fourth-order valence-electron chi connectivity index (χ4n) is 4.86. The van der Waals surface area contributed by atoms with Crippen molar-refractivity contribution in [3.05, 3.63) is 29.8 Å². The molecule has 0 saturated heterocycles. The highest BCUT2D eigenvalue weighted by molar-refractivity contribution is 5.27.